The van der Waals surface area contributed by atoms with E-state index in [-0.39, 0.29) is 0 Å². The average molecular weight is 238 g/mol. The summed E-state index contributed by atoms with van der Waals surface area (Å²) in [5, 5.41) is 8.17. The normalized spacial score (nSPS) is 10.9. The highest BCUT2D eigenvalue weighted by molar-refractivity contribution is 4.92. The van der Waals surface area contributed by atoms with Gasteiger partial charge in [0.25, 0.3) is 0 Å². The lowest BCUT2D eigenvalue weighted by molar-refractivity contribution is 0.513. The van der Waals surface area contributed by atoms with E-state index in [0.717, 1.165) is 18.7 Å². The molecule has 17 heavy (non-hydrogen) atoms. The molecule has 1 rings (SSSR count). The van der Waals surface area contributed by atoms with Crippen molar-refractivity contribution in [1.29, 1.82) is 0 Å². The van der Waals surface area contributed by atoms with Crippen LogP contribution in [0.25, 0.3) is 0 Å². The molecule has 0 atom stereocenters. The molecule has 0 amide bonds. The predicted molar refractivity (Wildman–Crippen MR) is 70.8 cm³/mol. The van der Waals surface area contributed by atoms with Crippen LogP contribution in [0.1, 0.15) is 57.6 Å². The zero-order valence-corrected chi connectivity index (χ0v) is 11.1. The van der Waals surface area contributed by atoms with Crippen LogP contribution < -0.4 is 5.73 Å². The monoisotopic (exact) mass is 238 g/mol. The summed E-state index contributed by atoms with van der Waals surface area (Å²) in [6.45, 7) is 3.89. The van der Waals surface area contributed by atoms with Crippen LogP contribution in [-0.4, -0.2) is 21.5 Å². The van der Waals surface area contributed by atoms with Crippen LogP contribution in [-0.2, 0) is 13.0 Å². The Bertz CT molecular complexity index is 283. The van der Waals surface area contributed by atoms with Gasteiger partial charge in [0.05, 0.1) is 5.69 Å². The second-order valence-corrected chi connectivity index (χ2v) is 4.63. The first-order chi connectivity index (χ1) is 8.36. The lowest BCUT2D eigenvalue weighted by atomic mass is 10.1. The van der Waals surface area contributed by atoms with Crippen molar-refractivity contribution in [2.75, 3.05) is 6.54 Å². The summed E-state index contributed by atoms with van der Waals surface area (Å²) in [5.74, 6) is 0. The van der Waals surface area contributed by atoms with Crippen molar-refractivity contribution in [2.24, 2.45) is 5.73 Å². The van der Waals surface area contributed by atoms with Gasteiger partial charge in [0.1, 0.15) is 0 Å². The summed E-state index contributed by atoms with van der Waals surface area (Å²) >= 11 is 0. The zero-order chi connectivity index (χ0) is 12.3. The molecular formula is C13H26N4. The minimum absolute atomic E-state index is 0.649. The second kappa shape index (κ2) is 9.16. The third-order valence-corrected chi connectivity index (χ3v) is 2.98. The minimum Gasteiger partial charge on any atom is -0.330 e. The second-order valence-electron chi connectivity index (χ2n) is 4.63. The highest BCUT2D eigenvalue weighted by atomic mass is 15.4. The number of aromatic nitrogens is 3. The highest BCUT2D eigenvalue weighted by Gasteiger charge is 1.99. The summed E-state index contributed by atoms with van der Waals surface area (Å²) in [6.07, 6.45) is 12.2. The summed E-state index contributed by atoms with van der Waals surface area (Å²) in [5.41, 5.74) is 6.48. The molecule has 4 heteroatoms. The Hall–Kier alpha value is -0.900. The number of hydrogen-bond donors (Lipinski definition) is 1. The fraction of sp³-hybridized carbons (Fsp3) is 0.846. The molecule has 1 aromatic heterocycles. The van der Waals surface area contributed by atoms with Gasteiger partial charge in [-0.3, -0.25) is 4.68 Å². The van der Waals surface area contributed by atoms with Crippen molar-refractivity contribution in [3.8, 4) is 0 Å². The molecule has 0 bridgehead atoms. The minimum atomic E-state index is 0.649. The van der Waals surface area contributed by atoms with Gasteiger partial charge >= 0.3 is 0 Å². The zero-order valence-electron chi connectivity index (χ0n) is 11.1. The highest BCUT2D eigenvalue weighted by Crippen LogP contribution is 2.07. The number of nitrogens with zero attached hydrogens (tertiary/aromatic N) is 3. The maximum atomic E-state index is 5.47. The molecule has 98 valence electrons. The third-order valence-electron chi connectivity index (χ3n) is 2.98. The quantitative estimate of drug-likeness (QED) is 0.637. The van der Waals surface area contributed by atoms with Crippen molar-refractivity contribution in [3.05, 3.63) is 11.9 Å². The lowest BCUT2D eigenvalue weighted by Gasteiger charge is -2.01. The fourth-order valence-electron chi connectivity index (χ4n) is 1.94. The van der Waals surface area contributed by atoms with Crippen molar-refractivity contribution >= 4 is 0 Å². The fourth-order valence-corrected chi connectivity index (χ4v) is 1.94. The molecule has 1 aromatic rings. The molecular weight excluding hydrogens is 212 g/mol. The van der Waals surface area contributed by atoms with Crippen molar-refractivity contribution in [3.63, 3.8) is 0 Å². The number of nitrogens with two attached hydrogens (primary N) is 1. The van der Waals surface area contributed by atoms with Gasteiger partial charge in [0, 0.05) is 19.2 Å². The topological polar surface area (TPSA) is 56.7 Å². The van der Waals surface area contributed by atoms with Crippen LogP contribution in [0.3, 0.4) is 0 Å². The van der Waals surface area contributed by atoms with Crippen molar-refractivity contribution in [1.82, 2.24) is 15.0 Å². The van der Waals surface area contributed by atoms with Gasteiger partial charge in [0.2, 0.25) is 0 Å². The molecule has 2 N–H and O–H groups in total. The maximum absolute atomic E-state index is 5.47. The lowest BCUT2D eigenvalue weighted by Crippen LogP contribution is -2.02. The van der Waals surface area contributed by atoms with E-state index in [1.807, 2.05) is 10.9 Å². The van der Waals surface area contributed by atoms with Crippen molar-refractivity contribution in [2.45, 2.75) is 64.8 Å². The van der Waals surface area contributed by atoms with E-state index in [2.05, 4.69) is 17.2 Å². The smallest absolute Gasteiger partial charge is 0.0839 e. The molecule has 0 saturated heterocycles. The molecule has 1 heterocycles. The summed E-state index contributed by atoms with van der Waals surface area (Å²) in [4.78, 5) is 0. The van der Waals surface area contributed by atoms with Gasteiger partial charge in [-0.15, -0.1) is 5.10 Å². The van der Waals surface area contributed by atoms with Crippen LogP contribution >= 0.6 is 0 Å². The molecule has 0 unspecified atom stereocenters. The maximum Gasteiger partial charge on any atom is 0.0839 e. The van der Waals surface area contributed by atoms with Gasteiger partial charge < -0.3 is 5.73 Å². The number of aryl methyl sites for hydroxylation is 1. The van der Waals surface area contributed by atoms with E-state index in [4.69, 9.17) is 5.73 Å². The van der Waals surface area contributed by atoms with Crippen LogP contribution in [0, 0.1) is 0 Å². The number of unbranched alkanes of at least 4 members (excludes halogenated alkanes) is 6. The first-order valence-corrected chi connectivity index (χ1v) is 6.96. The third kappa shape index (κ3) is 6.41. The molecule has 0 aliphatic carbocycles. The Labute approximate surface area is 105 Å². The summed E-state index contributed by atoms with van der Waals surface area (Å²) < 4.78 is 1.94. The SMILES string of the molecule is CCCCCCCCCn1cc(CCN)nn1. The van der Waals surface area contributed by atoms with Crippen molar-refractivity contribution < 1.29 is 0 Å². The van der Waals surface area contributed by atoms with E-state index in [1.54, 1.807) is 0 Å². The number of rotatable bonds is 10. The molecule has 4 nitrogen and oxygen atoms in total. The Morgan fingerprint density at radius 3 is 2.53 bits per heavy atom. The Balaban J connectivity index is 2.01. The van der Waals surface area contributed by atoms with Crippen LogP contribution in [0.15, 0.2) is 6.20 Å². The molecule has 0 spiro atoms. The Kier molecular flexibility index (Phi) is 7.63. The average Bonchev–Trinajstić information content (AvgIpc) is 2.76. The largest absolute Gasteiger partial charge is 0.330 e. The Morgan fingerprint density at radius 2 is 1.82 bits per heavy atom. The van der Waals surface area contributed by atoms with Crippen LogP contribution in [0.5, 0.6) is 0 Å². The van der Waals surface area contributed by atoms with E-state index >= 15 is 0 Å². The first-order valence-electron chi connectivity index (χ1n) is 6.96. The van der Waals surface area contributed by atoms with Crippen LogP contribution in [0.4, 0.5) is 0 Å². The molecule has 0 saturated carbocycles. The number of hydrogen-bond acceptors (Lipinski definition) is 3. The first kappa shape index (κ1) is 14.2. The van der Waals surface area contributed by atoms with E-state index in [9.17, 15) is 0 Å². The van der Waals surface area contributed by atoms with E-state index in [1.165, 1.54) is 44.9 Å². The molecule has 0 aliphatic rings. The predicted octanol–water partition coefficient (Wildman–Crippen LogP) is 2.53. The van der Waals surface area contributed by atoms with Gasteiger partial charge in [-0.05, 0) is 13.0 Å². The van der Waals surface area contributed by atoms with E-state index in [0.29, 0.717) is 6.54 Å². The Morgan fingerprint density at radius 1 is 1.12 bits per heavy atom. The molecule has 0 aliphatic heterocycles. The van der Waals surface area contributed by atoms with Gasteiger partial charge in [-0.25, -0.2) is 0 Å². The van der Waals surface area contributed by atoms with Gasteiger partial charge in [-0.2, -0.15) is 0 Å². The molecule has 0 radical (unpaired) electrons. The van der Waals surface area contributed by atoms with Gasteiger partial charge in [0.15, 0.2) is 0 Å². The van der Waals surface area contributed by atoms with Gasteiger partial charge in [-0.1, -0.05) is 50.7 Å². The van der Waals surface area contributed by atoms with Crippen LogP contribution in [0.2, 0.25) is 0 Å². The summed E-state index contributed by atoms with van der Waals surface area (Å²) in [7, 11) is 0. The molecule has 0 fully saturated rings. The summed E-state index contributed by atoms with van der Waals surface area (Å²) in [6, 6.07) is 0. The molecule has 0 aromatic carbocycles. The van der Waals surface area contributed by atoms with E-state index < -0.39 is 0 Å². The standard InChI is InChI=1S/C13H26N4/c1-2-3-4-5-6-7-8-11-17-12-13(9-10-14)15-16-17/h12H,2-11,14H2,1H3.